The van der Waals surface area contributed by atoms with Gasteiger partial charge in [0.2, 0.25) is 0 Å². The smallest absolute Gasteiger partial charge is 0.181 e. The fourth-order valence-corrected chi connectivity index (χ4v) is 2.26. The third kappa shape index (κ3) is 8.68. The topological polar surface area (TPSA) is 52.1 Å². The molecule has 0 aliphatic heterocycles. The summed E-state index contributed by atoms with van der Waals surface area (Å²) >= 11 is 0. The standard InChI is InChI=1S/2C9H15NO.2C2H6/c2*1-6(2)8-9(7(3)4)11-5-10-8;2*1-2/h2*5-7H,1-4H3;2*1-2H3. The van der Waals surface area contributed by atoms with Crippen LogP contribution in [-0.4, -0.2) is 9.97 Å². The van der Waals surface area contributed by atoms with Crippen LogP contribution in [0.4, 0.5) is 0 Å². The summed E-state index contributed by atoms with van der Waals surface area (Å²) in [6.07, 6.45) is 3.06. The third-order valence-corrected chi connectivity index (χ3v) is 3.39. The van der Waals surface area contributed by atoms with Crippen LogP contribution >= 0.6 is 0 Å². The minimum absolute atomic E-state index is 0.440. The van der Waals surface area contributed by atoms with Crippen molar-refractivity contribution in [3.63, 3.8) is 0 Å². The van der Waals surface area contributed by atoms with E-state index in [1.807, 2.05) is 27.7 Å². The molecule has 0 aliphatic carbocycles. The molecule has 0 amide bonds. The molecule has 2 rings (SSSR count). The monoisotopic (exact) mass is 366 g/mol. The van der Waals surface area contributed by atoms with E-state index in [0.717, 1.165) is 22.9 Å². The first-order chi connectivity index (χ1) is 12.3. The van der Waals surface area contributed by atoms with Crippen molar-refractivity contribution in [1.29, 1.82) is 0 Å². The highest BCUT2D eigenvalue weighted by atomic mass is 16.3. The van der Waals surface area contributed by atoms with E-state index < -0.39 is 0 Å². The summed E-state index contributed by atoms with van der Waals surface area (Å²) in [5.74, 6) is 3.86. The van der Waals surface area contributed by atoms with Crippen LogP contribution in [0.2, 0.25) is 0 Å². The second-order valence-electron chi connectivity index (χ2n) is 6.82. The quantitative estimate of drug-likeness (QED) is 0.552. The van der Waals surface area contributed by atoms with Crippen molar-refractivity contribution >= 4 is 0 Å². The van der Waals surface area contributed by atoms with E-state index in [1.165, 1.54) is 12.8 Å². The van der Waals surface area contributed by atoms with Gasteiger partial charge in [0.15, 0.2) is 12.8 Å². The highest BCUT2D eigenvalue weighted by Crippen LogP contribution is 2.24. The molecule has 0 fully saturated rings. The van der Waals surface area contributed by atoms with Gasteiger partial charge in [-0.15, -0.1) is 0 Å². The molecule has 0 unspecified atom stereocenters. The first-order valence-electron chi connectivity index (χ1n) is 10.1. The molecule has 2 aromatic heterocycles. The Hall–Kier alpha value is -1.58. The van der Waals surface area contributed by atoms with Crippen molar-refractivity contribution in [1.82, 2.24) is 9.97 Å². The van der Waals surface area contributed by atoms with Gasteiger partial charge < -0.3 is 8.83 Å². The van der Waals surface area contributed by atoms with E-state index in [-0.39, 0.29) is 0 Å². The van der Waals surface area contributed by atoms with E-state index >= 15 is 0 Å². The molecule has 152 valence electrons. The Balaban J connectivity index is 0. The molecule has 0 radical (unpaired) electrons. The van der Waals surface area contributed by atoms with Crippen LogP contribution in [0.5, 0.6) is 0 Å². The van der Waals surface area contributed by atoms with Crippen molar-refractivity contribution in [2.24, 2.45) is 0 Å². The molecule has 0 aromatic carbocycles. The van der Waals surface area contributed by atoms with Crippen molar-refractivity contribution in [2.75, 3.05) is 0 Å². The second-order valence-corrected chi connectivity index (χ2v) is 6.82. The Bertz CT molecular complexity index is 457. The molecule has 0 N–H and O–H groups in total. The van der Waals surface area contributed by atoms with E-state index in [2.05, 4.69) is 65.4 Å². The molecule has 4 nitrogen and oxygen atoms in total. The van der Waals surface area contributed by atoms with Crippen LogP contribution in [-0.2, 0) is 0 Å². The Kier molecular flexibility index (Phi) is 14.9. The number of aromatic nitrogens is 2. The number of oxazole rings is 2. The summed E-state index contributed by atoms with van der Waals surface area (Å²) in [6, 6.07) is 0. The van der Waals surface area contributed by atoms with Gasteiger partial charge in [0.25, 0.3) is 0 Å². The van der Waals surface area contributed by atoms with Crippen LogP contribution in [0.15, 0.2) is 21.6 Å². The predicted octanol–water partition coefficient (Wildman–Crippen LogP) is 7.90. The molecule has 0 spiro atoms. The van der Waals surface area contributed by atoms with Crippen molar-refractivity contribution in [3.05, 3.63) is 35.7 Å². The zero-order valence-corrected chi connectivity index (χ0v) is 19.2. The Morgan fingerprint density at radius 1 is 0.538 bits per heavy atom. The van der Waals surface area contributed by atoms with Crippen molar-refractivity contribution in [2.45, 2.75) is 107 Å². The molecular formula is C22H42N2O2. The summed E-state index contributed by atoms with van der Waals surface area (Å²) in [5, 5.41) is 0. The number of hydrogen-bond acceptors (Lipinski definition) is 4. The molecule has 0 bridgehead atoms. The van der Waals surface area contributed by atoms with Gasteiger partial charge in [0.1, 0.15) is 11.5 Å². The summed E-state index contributed by atoms with van der Waals surface area (Å²) in [5.41, 5.74) is 2.19. The molecule has 2 aromatic rings. The van der Waals surface area contributed by atoms with Crippen molar-refractivity contribution in [3.8, 4) is 0 Å². The molecular weight excluding hydrogens is 324 g/mol. The number of rotatable bonds is 4. The lowest BCUT2D eigenvalue weighted by molar-refractivity contribution is 0.476. The summed E-state index contributed by atoms with van der Waals surface area (Å²) in [4.78, 5) is 8.34. The third-order valence-electron chi connectivity index (χ3n) is 3.39. The largest absolute Gasteiger partial charge is 0.448 e. The van der Waals surface area contributed by atoms with E-state index in [4.69, 9.17) is 8.83 Å². The Morgan fingerprint density at radius 2 is 0.808 bits per heavy atom. The molecule has 0 aliphatic rings. The normalized spacial score (nSPS) is 10.2. The lowest BCUT2D eigenvalue weighted by Gasteiger charge is -2.05. The Morgan fingerprint density at radius 3 is 0.962 bits per heavy atom. The second kappa shape index (κ2) is 14.6. The molecule has 0 saturated heterocycles. The van der Waals surface area contributed by atoms with Crippen LogP contribution < -0.4 is 0 Å². The lowest BCUT2D eigenvalue weighted by Crippen LogP contribution is -1.95. The van der Waals surface area contributed by atoms with Gasteiger partial charge in [0.05, 0.1) is 11.4 Å². The van der Waals surface area contributed by atoms with Gasteiger partial charge in [-0.25, -0.2) is 9.97 Å². The van der Waals surface area contributed by atoms with E-state index in [1.54, 1.807) is 0 Å². The van der Waals surface area contributed by atoms with Gasteiger partial charge in [-0.2, -0.15) is 0 Å². The van der Waals surface area contributed by atoms with Gasteiger partial charge in [-0.05, 0) is 11.8 Å². The van der Waals surface area contributed by atoms with Gasteiger partial charge in [-0.1, -0.05) is 83.1 Å². The zero-order chi connectivity index (χ0) is 20.9. The summed E-state index contributed by atoms with van der Waals surface area (Å²) in [7, 11) is 0. The first-order valence-corrected chi connectivity index (χ1v) is 10.1. The average molecular weight is 367 g/mol. The molecule has 0 atom stereocenters. The van der Waals surface area contributed by atoms with Crippen LogP contribution in [0.25, 0.3) is 0 Å². The van der Waals surface area contributed by atoms with Crippen LogP contribution in [0.3, 0.4) is 0 Å². The van der Waals surface area contributed by atoms with Crippen LogP contribution in [0, 0.1) is 0 Å². The maximum absolute atomic E-state index is 5.28. The number of hydrogen-bond donors (Lipinski definition) is 0. The molecule has 4 heteroatoms. The van der Waals surface area contributed by atoms with E-state index in [0.29, 0.717) is 23.7 Å². The van der Waals surface area contributed by atoms with Gasteiger partial charge in [-0.3, -0.25) is 0 Å². The molecule has 2 heterocycles. The zero-order valence-electron chi connectivity index (χ0n) is 19.2. The predicted molar refractivity (Wildman–Crippen MR) is 112 cm³/mol. The van der Waals surface area contributed by atoms with Gasteiger partial charge in [0, 0.05) is 11.8 Å². The summed E-state index contributed by atoms with van der Waals surface area (Å²) < 4.78 is 10.6. The minimum atomic E-state index is 0.440. The maximum atomic E-state index is 5.28. The molecule has 26 heavy (non-hydrogen) atoms. The lowest BCUT2D eigenvalue weighted by atomic mass is 10.0. The highest BCUT2D eigenvalue weighted by molar-refractivity contribution is 5.15. The first kappa shape index (κ1) is 26.6. The van der Waals surface area contributed by atoms with Crippen molar-refractivity contribution < 1.29 is 8.83 Å². The molecule has 0 saturated carbocycles. The fraction of sp³-hybridized carbons (Fsp3) is 0.727. The average Bonchev–Trinajstić information content (AvgIpc) is 3.28. The Labute approximate surface area is 161 Å². The number of nitrogens with zero attached hydrogens (tertiary/aromatic N) is 2. The maximum Gasteiger partial charge on any atom is 0.181 e. The minimum Gasteiger partial charge on any atom is -0.448 e. The summed E-state index contributed by atoms with van der Waals surface area (Å²) in [6.45, 7) is 25.0. The fourth-order valence-electron chi connectivity index (χ4n) is 2.26. The van der Waals surface area contributed by atoms with E-state index in [9.17, 15) is 0 Å². The van der Waals surface area contributed by atoms with Gasteiger partial charge >= 0.3 is 0 Å². The highest BCUT2D eigenvalue weighted by Gasteiger charge is 2.14. The van der Waals surface area contributed by atoms with Crippen LogP contribution in [0.1, 0.15) is 130 Å². The SMILES string of the molecule is CC.CC.CC(C)c1ncoc1C(C)C.CC(C)c1ncoc1C(C)C.